The van der Waals surface area contributed by atoms with Gasteiger partial charge in [0.2, 0.25) is 10.0 Å². The van der Waals surface area contributed by atoms with Gasteiger partial charge in [-0.25, -0.2) is 8.42 Å². The van der Waals surface area contributed by atoms with Gasteiger partial charge in [-0.15, -0.1) is 0 Å². The van der Waals surface area contributed by atoms with Crippen LogP contribution in [0.4, 0.5) is 0 Å². The van der Waals surface area contributed by atoms with Gasteiger partial charge >= 0.3 is 5.97 Å². The van der Waals surface area contributed by atoms with Crippen LogP contribution in [0.25, 0.3) is 0 Å². The maximum absolute atomic E-state index is 12.8. The van der Waals surface area contributed by atoms with Gasteiger partial charge in [-0.05, 0) is 37.1 Å². The number of carbonyl (C=O) groups is 2. The Morgan fingerprint density at radius 2 is 1.81 bits per heavy atom. The highest BCUT2D eigenvalue weighted by molar-refractivity contribution is 7.89. The zero-order valence-corrected chi connectivity index (χ0v) is 16.2. The molecule has 0 spiro atoms. The molecular weight excluding hydrogens is 396 g/mol. The average molecular weight is 417 g/mol. The van der Waals surface area contributed by atoms with Crippen LogP contribution in [-0.2, 0) is 29.1 Å². The zero-order chi connectivity index (χ0) is 19.4. The summed E-state index contributed by atoms with van der Waals surface area (Å²) >= 11 is 5.81. The first kappa shape index (κ1) is 20.1. The smallest absolute Gasteiger partial charge is 0.324 e. The van der Waals surface area contributed by atoms with Crippen molar-refractivity contribution in [1.29, 1.82) is 0 Å². The van der Waals surface area contributed by atoms with E-state index in [4.69, 9.17) is 21.1 Å². The van der Waals surface area contributed by atoms with E-state index in [2.05, 4.69) is 0 Å². The summed E-state index contributed by atoms with van der Waals surface area (Å²) in [6.07, 6.45) is 0.904. The SMILES string of the molecule is O=C(OCC(=O)N1CCOCC1)[C@@H]1CCCN1S(=O)(=O)c1ccc(Cl)cc1. The third kappa shape index (κ3) is 4.60. The molecule has 8 nitrogen and oxygen atoms in total. The highest BCUT2D eigenvalue weighted by atomic mass is 35.5. The van der Waals surface area contributed by atoms with E-state index < -0.39 is 28.6 Å². The Morgan fingerprint density at radius 3 is 2.48 bits per heavy atom. The molecule has 1 atom stereocenters. The van der Waals surface area contributed by atoms with Gasteiger partial charge in [0.1, 0.15) is 6.04 Å². The van der Waals surface area contributed by atoms with Gasteiger partial charge in [0.05, 0.1) is 18.1 Å². The third-order valence-corrected chi connectivity index (χ3v) is 6.77. The van der Waals surface area contributed by atoms with Crippen LogP contribution in [0.5, 0.6) is 0 Å². The van der Waals surface area contributed by atoms with Crippen LogP contribution in [0.1, 0.15) is 12.8 Å². The van der Waals surface area contributed by atoms with E-state index in [1.807, 2.05) is 0 Å². The summed E-state index contributed by atoms with van der Waals surface area (Å²) in [5.41, 5.74) is 0. The number of hydrogen-bond acceptors (Lipinski definition) is 6. The van der Waals surface area contributed by atoms with E-state index in [0.717, 1.165) is 4.31 Å². The second-order valence-electron chi connectivity index (χ2n) is 6.33. The van der Waals surface area contributed by atoms with Crippen LogP contribution in [-0.4, -0.2) is 75.0 Å². The number of esters is 1. The molecule has 3 rings (SSSR count). The molecule has 0 N–H and O–H groups in total. The summed E-state index contributed by atoms with van der Waals surface area (Å²) in [7, 11) is -3.85. The van der Waals surface area contributed by atoms with Crippen molar-refractivity contribution in [2.75, 3.05) is 39.5 Å². The van der Waals surface area contributed by atoms with Crippen LogP contribution in [0.2, 0.25) is 5.02 Å². The van der Waals surface area contributed by atoms with Gasteiger partial charge in [-0.3, -0.25) is 9.59 Å². The predicted octanol–water partition coefficient (Wildman–Crippen LogP) is 0.895. The summed E-state index contributed by atoms with van der Waals surface area (Å²) in [5, 5.41) is 0.424. The summed E-state index contributed by atoms with van der Waals surface area (Å²) in [6, 6.07) is 4.85. The van der Waals surface area contributed by atoms with Crippen LogP contribution >= 0.6 is 11.6 Å². The van der Waals surface area contributed by atoms with E-state index in [-0.39, 0.29) is 17.3 Å². The first-order chi connectivity index (χ1) is 12.9. The summed E-state index contributed by atoms with van der Waals surface area (Å²) in [6.45, 7) is 1.64. The Balaban J connectivity index is 1.63. The Kier molecular flexibility index (Phi) is 6.36. The normalized spacial score (nSPS) is 21.2. The van der Waals surface area contributed by atoms with Gasteiger partial charge in [-0.2, -0.15) is 4.31 Å². The Hall–Kier alpha value is -1.68. The molecular formula is C17H21ClN2O6S. The van der Waals surface area contributed by atoms with Crippen molar-refractivity contribution in [3.63, 3.8) is 0 Å². The Bertz CT molecular complexity index is 792. The van der Waals surface area contributed by atoms with E-state index in [1.165, 1.54) is 24.3 Å². The van der Waals surface area contributed by atoms with Crippen LogP contribution < -0.4 is 0 Å². The minimum atomic E-state index is -3.85. The van der Waals surface area contributed by atoms with E-state index in [0.29, 0.717) is 44.2 Å². The molecule has 0 aromatic heterocycles. The number of amides is 1. The minimum Gasteiger partial charge on any atom is -0.454 e. The second-order valence-corrected chi connectivity index (χ2v) is 8.66. The Morgan fingerprint density at radius 1 is 1.15 bits per heavy atom. The number of benzene rings is 1. The van der Waals surface area contributed by atoms with Crippen molar-refractivity contribution < 1.29 is 27.5 Å². The fourth-order valence-corrected chi connectivity index (χ4v) is 4.91. The Labute approximate surface area is 163 Å². The van der Waals surface area contributed by atoms with Crippen molar-refractivity contribution in [3.05, 3.63) is 29.3 Å². The fourth-order valence-electron chi connectivity index (χ4n) is 3.14. The molecule has 0 bridgehead atoms. The molecule has 27 heavy (non-hydrogen) atoms. The quantitative estimate of drug-likeness (QED) is 0.662. The lowest BCUT2D eigenvalue weighted by molar-refractivity contribution is -0.156. The molecule has 2 saturated heterocycles. The van der Waals surface area contributed by atoms with Crippen molar-refractivity contribution in [3.8, 4) is 0 Å². The second kappa shape index (κ2) is 8.55. The van der Waals surface area contributed by atoms with Gasteiger partial charge in [0.25, 0.3) is 5.91 Å². The first-order valence-electron chi connectivity index (χ1n) is 8.69. The lowest BCUT2D eigenvalue weighted by Crippen LogP contribution is -2.45. The third-order valence-electron chi connectivity index (χ3n) is 4.60. The number of nitrogens with zero attached hydrogens (tertiary/aromatic N) is 2. The van der Waals surface area contributed by atoms with Crippen molar-refractivity contribution >= 4 is 33.5 Å². The molecule has 1 aromatic rings. The molecule has 1 amide bonds. The first-order valence-corrected chi connectivity index (χ1v) is 10.5. The zero-order valence-electron chi connectivity index (χ0n) is 14.7. The topological polar surface area (TPSA) is 93.2 Å². The number of rotatable bonds is 5. The molecule has 0 unspecified atom stereocenters. The largest absolute Gasteiger partial charge is 0.454 e. The van der Waals surface area contributed by atoms with Crippen LogP contribution in [0.15, 0.2) is 29.2 Å². The fraction of sp³-hybridized carbons (Fsp3) is 0.529. The van der Waals surface area contributed by atoms with Crippen molar-refractivity contribution in [1.82, 2.24) is 9.21 Å². The summed E-state index contributed by atoms with van der Waals surface area (Å²) < 4.78 is 37.1. The molecule has 0 aliphatic carbocycles. The molecule has 0 saturated carbocycles. The lowest BCUT2D eigenvalue weighted by atomic mass is 10.2. The van der Waals surface area contributed by atoms with Gasteiger partial charge in [-0.1, -0.05) is 11.6 Å². The van der Waals surface area contributed by atoms with E-state index in [1.54, 1.807) is 4.90 Å². The maximum Gasteiger partial charge on any atom is 0.324 e. The molecule has 2 heterocycles. The van der Waals surface area contributed by atoms with Crippen molar-refractivity contribution in [2.24, 2.45) is 0 Å². The molecule has 0 radical (unpaired) electrons. The minimum absolute atomic E-state index is 0.0657. The molecule has 2 aliphatic heterocycles. The highest BCUT2D eigenvalue weighted by Crippen LogP contribution is 2.27. The number of ether oxygens (including phenoxy) is 2. The highest BCUT2D eigenvalue weighted by Gasteiger charge is 2.40. The van der Waals surface area contributed by atoms with Crippen LogP contribution in [0, 0.1) is 0 Å². The summed E-state index contributed by atoms with van der Waals surface area (Å²) in [5.74, 6) is -1.01. The standard InChI is InChI=1S/C17H21ClN2O6S/c18-13-3-5-14(6-4-13)27(23,24)20-7-1-2-15(20)17(22)26-12-16(21)19-8-10-25-11-9-19/h3-6,15H,1-2,7-12H2/t15-/m0/s1. The monoisotopic (exact) mass is 416 g/mol. The van der Waals surface area contributed by atoms with Gasteiger partial charge in [0, 0.05) is 24.7 Å². The van der Waals surface area contributed by atoms with Gasteiger partial charge in [0.15, 0.2) is 6.61 Å². The predicted molar refractivity (Wildman–Crippen MR) is 96.7 cm³/mol. The maximum atomic E-state index is 12.8. The molecule has 148 valence electrons. The average Bonchev–Trinajstić information content (AvgIpc) is 3.18. The number of sulfonamides is 1. The molecule has 2 fully saturated rings. The molecule has 2 aliphatic rings. The lowest BCUT2D eigenvalue weighted by Gasteiger charge is -2.27. The summed E-state index contributed by atoms with van der Waals surface area (Å²) in [4.78, 5) is 26.2. The van der Waals surface area contributed by atoms with E-state index >= 15 is 0 Å². The number of carbonyl (C=O) groups excluding carboxylic acids is 2. The van der Waals surface area contributed by atoms with Crippen LogP contribution in [0.3, 0.4) is 0 Å². The molecule has 10 heteroatoms. The number of halogens is 1. The van der Waals surface area contributed by atoms with Gasteiger partial charge < -0.3 is 14.4 Å². The number of morpholine rings is 1. The van der Waals surface area contributed by atoms with Crippen molar-refractivity contribution in [2.45, 2.75) is 23.8 Å². The molecule has 1 aromatic carbocycles. The van der Waals surface area contributed by atoms with E-state index in [9.17, 15) is 18.0 Å². The number of hydrogen-bond donors (Lipinski definition) is 0.